The van der Waals surface area contributed by atoms with Crippen molar-refractivity contribution in [2.75, 3.05) is 0 Å². The lowest BCUT2D eigenvalue weighted by Gasteiger charge is -2.02. The monoisotopic (exact) mass is 273 g/mol. The lowest BCUT2D eigenvalue weighted by molar-refractivity contribution is 1.11. The predicted molar refractivity (Wildman–Crippen MR) is 58.2 cm³/mol. The molecule has 0 aliphatic carbocycles. The summed E-state index contributed by atoms with van der Waals surface area (Å²) in [5.41, 5.74) is 2.78. The van der Waals surface area contributed by atoms with E-state index in [1.54, 1.807) is 0 Å². The molecule has 0 spiro atoms. The molecule has 3 radical (unpaired) electrons. The van der Waals surface area contributed by atoms with Gasteiger partial charge in [-0.1, -0.05) is 23.7 Å². The van der Waals surface area contributed by atoms with Gasteiger partial charge in [-0.2, -0.15) is 0 Å². The Hall–Kier alpha value is 0.167. The molecular formula is C9H10ISi. The van der Waals surface area contributed by atoms with Crippen molar-refractivity contribution in [1.29, 1.82) is 0 Å². The second-order valence-electron chi connectivity index (χ2n) is 2.59. The molecule has 1 aromatic carbocycles. The van der Waals surface area contributed by atoms with Crippen LogP contribution in [0.1, 0.15) is 11.1 Å². The summed E-state index contributed by atoms with van der Waals surface area (Å²) in [4.78, 5) is 0. The fraction of sp³-hybridized carbons (Fsp3) is 0.333. The van der Waals surface area contributed by atoms with Crippen LogP contribution in [-0.2, 0) is 6.42 Å². The first-order valence-electron chi connectivity index (χ1n) is 3.63. The van der Waals surface area contributed by atoms with Crippen LogP contribution in [0.3, 0.4) is 0 Å². The fourth-order valence-corrected chi connectivity index (χ4v) is 2.20. The third-order valence-corrected chi connectivity index (χ3v) is 2.86. The van der Waals surface area contributed by atoms with Gasteiger partial charge in [-0.05, 0) is 47.6 Å². The van der Waals surface area contributed by atoms with Gasteiger partial charge in [0.15, 0.2) is 0 Å². The Kier molecular flexibility index (Phi) is 3.58. The van der Waals surface area contributed by atoms with Crippen LogP contribution in [-0.4, -0.2) is 10.2 Å². The van der Waals surface area contributed by atoms with Crippen molar-refractivity contribution in [3.05, 3.63) is 32.9 Å². The van der Waals surface area contributed by atoms with Crippen molar-refractivity contribution in [1.82, 2.24) is 0 Å². The molecule has 0 aliphatic heterocycles. The summed E-state index contributed by atoms with van der Waals surface area (Å²) in [6.45, 7) is 2.12. The van der Waals surface area contributed by atoms with Crippen LogP contribution in [0.15, 0.2) is 18.2 Å². The van der Waals surface area contributed by atoms with E-state index in [0.29, 0.717) is 0 Å². The first-order chi connectivity index (χ1) is 5.24. The molecule has 57 valence electrons. The highest BCUT2D eigenvalue weighted by atomic mass is 127. The number of benzene rings is 1. The largest absolute Gasteiger partial charge is 0.0597 e. The summed E-state index contributed by atoms with van der Waals surface area (Å²) in [6, 6.07) is 7.63. The average Bonchev–Trinajstić information content (AvgIpc) is 1.95. The van der Waals surface area contributed by atoms with E-state index in [4.69, 9.17) is 0 Å². The Morgan fingerprint density at radius 1 is 1.45 bits per heavy atom. The van der Waals surface area contributed by atoms with E-state index < -0.39 is 0 Å². The SMILES string of the molecule is Cc1ccc(CC[Si])c(I)c1. The van der Waals surface area contributed by atoms with Crippen molar-refractivity contribution in [2.45, 2.75) is 19.4 Å². The number of hydrogen-bond donors (Lipinski definition) is 0. The van der Waals surface area contributed by atoms with Crippen LogP contribution in [0.5, 0.6) is 0 Å². The molecule has 0 nitrogen and oxygen atoms in total. The first-order valence-corrected chi connectivity index (χ1v) is 5.42. The van der Waals surface area contributed by atoms with Gasteiger partial charge in [-0.3, -0.25) is 0 Å². The molecule has 0 bridgehead atoms. The van der Waals surface area contributed by atoms with Gasteiger partial charge in [0.25, 0.3) is 0 Å². The quantitative estimate of drug-likeness (QED) is 0.574. The maximum Gasteiger partial charge on any atom is 0.0225 e. The summed E-state index contributed by atoms with van der Waals surface area (Å²) in [6.07, 6.45) is 1.12. The molecule has 1 aromatic rings. The zero-order chi connectivity index (χ0) is 8.27. The minimum atomic E-state index is 1.04. The van der Waals surface area contributed by atoms with Crippen LogP contribution in [0, 0.1) is 10.5 Å². The molecule has 0 aromatic heterocycles. The topological polar surface area (TPSA) is 0 Å². The van der Waals surface area contributed by atoms with E-state index >= 15 is 0 Å². The van der Waals surface area contributed by atoms with Crippen molar-refractivity contribution in [3.8, 4) is 0 Å². The molecule has 0 aliphatic rings. The minimum Gasteiger partial charge on any atom is -0.0597 e. The molecular weight excluding hydrogens is 263 g/mol. The van der Waals surface area contributed by atoms with Gasteiger partial charge < -0.3 is 0 Å². The van der Waals surface area contributed by atoms with Gasteiger partial charge in [-0.15, -0.1) is 0 Å². The minimum absolute atomic E-state index is 1.04. The van der Waals surface area contributed by atoms with Gasteiger partial charge >= 0.3 is 0 Å². The van der Waals surface area contributed by atoms with Crippen molar-refractivity contribution in [2.24, 2.45) is 0 Å². The number of halogens is 1. The molecule has 11 heavy (non-hydrogen) atoms. The molecule has 0 amide bonds. The highest BCUT2D eigenvalue weighted by molar-refractivity contribution is 14.1. The Morgan fingerprint density at radius 2 is 2.18 bits per heavy atom. The molecule has 0 unspecified atom stereocenters. The third kappa shape index (κ3) is 2.59. The van der Waals surface area contributed by atoms with Crippen molar-refractivity contribution < 1.29 is 0 Å². The second-order valence-corrected chi connectivity index (χ2v) is 4.26. The van der Waals surface area contributed by atoms with Gasteiger partial charge in [0.1, 0.15) is 0 Å². The summed E-state index contributed by atoms with van der Waals surface area (Å²) < 4.78 is 1.38. The van der Waals surface area contributed by atoms with Gasteiger partial charge in [0, 0.05) is 13.8 Å². The van der Waals surface area contributed by atoms with Crippen molar-refractivity contribution in [3.63, 3.8) is 0 Å². The molecule has 2 heteroatoms. The molecule has 1 rings (SSSR count). The Bertz CT molecular complexity index is 245. The number of rotatable bonds is 2. The summed E-state index contributed by atoms with van der Waals surface area (Å²) in [5.74, 6) is 0. The Balaban J connectivity index is 2.90. The zero-order valence-electron chi connectivity index (χ0n) is 6.52. The molecule has 0 saturated carbocycles. The number of aryl methyl sites for hydroxylation is 2. The van der Waals surface area contributed by atoms with Gasteiger partial charge in [0.2, 0.25) is 0 Å². The van der Waals surface area contributed by atoms with E-state index in [0.717, 1.165) is 12.5 Å². The summed E-state index contributed by atoms with van der Waals surface area (Å²) in [5, 5.41) is 0. The second kappa shape index (κ2) is 4.26. The Labute approximate surface area is 85.0 Å². The lowest BCUT2D eigenvalue weighted by atomic mass is 10.1. The average molecular weight is 273 g/mol. The highest BCUT2D eigenvalue weighted by Gasteiger charge is 1.96. The van der Waals surface area contributed by atoms with Crippen LogP contribution < -0.4 is 0 Å². The zero-order valence-corrected chi connectivity index (χ0v) is 9.68. The number of hydrogen-bond acceptors (Lipinski definition) is 0. The Morgan fingerprint density at radius 3 is 2.73 bits per heavy atom. The van der Waals surface area contributed by atoms with E-state index in [-0.39, 0.29) is 0 Å². The van der Waals surface area contributed by atoms with Crippen LogP contribution in [0.2, 0.25) is 6.04 Å². The molecule has 0 saturated heterocycles. The van der Waals surface area contributed by atoms with E-state index in [1.807, 2.05) is 0 Å². The van der Waals surface area contributed by atoms with Gasteiger partial charge in [0.05, 0.1) is 0 Å². The summed E-state index contributed by atoms with van der Waals surface area (Å²) >= 11 is 2.39. The van der Waals surface area contributed by atoms with E-state index in [1.165, 1.54) is 14.7 Å². The van der Waals surface area contributed by atoms with E-state index in [2.05, 4.69) is 58.0 Å². The van der Waals surface area contributed by atoms with Crippen LogP contribution >= 0.6 is 22.6 Å². The maximum atomic E-state index is 3.48. The molecule has 0 atom stereocenters. The molecule has 0 fully saturated rings. The molecule has 0 heterocycles. The van der Waals surface area contributed by atoms with Crippen molar-refractivity contribution >= 4 is 32.8 Å². The standard InChI is InChI=1S/C9H10ISi/c1-7-2-3-8(4-5-11)9(10)6-7/h2-3,6H,4-5H2,1H3. The predicted octanol–water partition coefficient (Wildman–Crippen LogP) is 2.73. The van der Waals surface area contributed by atoms with Crippen LogP contribution in [0.25, 0.3) is 0 Å². The molecule has 0 N–H and O–H groups in total. The van der Waals surface area contributed by atoms with Gasteiger partial charge in [-0.25, -0.2) is 0 Å². The third-order valence-electron chi connectivity index (χ3n) is 1.60. The normalized spacial score (nSPS) is 10.1. The lowest BCUT2D eigenvalue weighted by Crippen LogP contribution is -1.88. The van der Waals surface area contributed by atoms with Crippen LogP contribution in [0.4, 0.5) is 0 Å². The highest BCUT2D eigenvalue weighted by Crippen LogP contribution is 2.15. The first kappa shape index (κ1) is 9.26. The fourth-order valence-electron chi connectivity index (χ4n) is 0.990. The smallest absolute Gasteiger partial charge is 0.0225 e. The summed E-state index contributed by atoms with van der Waals surface area (Å²) in [7, 11) is 3.48. The van der Waals surface area contributed by atoms with E-state index in [9.17, 15) is 0 Å². The maximum absolute atomic E-state index is 3.48.